The van der Waals surface area contributed by atoms with Crippen LogP contribution in [0.2, 0.25) is 10.0 Å². The van der Waals surface area contributed by atoms with Crippen LogP contribution in [0.15, 0.2) is 72.4 Å². The number of anilines is 1. The summed E-state index contributed by atoms with van der Waals surface area (Å²) < 4.78 is 2.07. The lowest BCUT2D eigenvalue weighted by Gasteiger charge is -2.08. The summed E-state index contributed by atoms with van der Waals surface area (Å²) in [5.74, 6) is -0.439. The van der Waals surface area contributed by atoms with Gasteiger partial charge in [0.15, 0.2) is 0 Å². The van der Waals surface area contributed by atoms with Crippen LogP contribution in [0.5, 0.6) is 0 Å². The Bertz CT molecular complexity index is 1440. The van der Waals surface area contributed by atoms with Crippen LogP contribution in [0, 0.1) is 25.2 Å². The zero-order chi connectivity index (χ0) is 23.5. The second-order valence-electron chi connectivity index (χ2n) is 7.92. The van der Waals surface area contributed by atoms with E-state index in [0.717, 1.165) is 33.2 Å². The highest BCUT2D eigenvalue weighted by molar-refractivity contribution is 6.42. The Morgan fingerprint density at radius 3 is 2.58 bits per heavy atom. The third-order valence-corrected chi connectivity index (χ3v) is 6.19. The maximum atomic E-state index is 12.9. The number of carbonyl (C=O) groups is 1. The molecule has 0 bridgehead atoms. The monoisotopic (exact) mass is 473 g/mol. The first-order valence-electron chi connectivity index (χ1n) is 10.4. The van der Waals surface area contributed by atoms with E-state index in [2.05, 4.69) is 9.88 Å². The Morgan fingerprint density at radius 2 is 1.85 bits per heavy atom. The van der Waals surface area contributed by atoms with Crippen molar-refractivity contribution in [1.29, 1.82) is 5.26 Å². The fraction of sp³-hybridized carbons (Fsp3) is 0.111. The number of carbonyl (C=O) groups excluding carboxylic acids is 1. The molecule has 0 radical (unpaired) electrons. The van der Waals surface area contributed by atoms with E-state index in [1.165, 1.54) is 0 Å². The molecule has 0 aliphatic heterocycles. The van der Waals surface area contributed by atoms with Crippen LogP contribution in [0.1, 0.15) is 22.3 Å². The Labute approximate surface area is 202 Å². The highest BCUT2D eigenvalue weighted by Crippen LogP contribution is 2.27. The molecule has 4 nitrogen and oxygen atoms in total. The number of hydrogen-bond donors (Lipinski definition) is 1. The minimum absolute atomic E-state index is 0.0346. The second kappa shape index (κ2) is 9.54. The van der Waals surface area contributed by atoms with Crippen molar-refractivity contribution in [2.24, 2.45) is 0 Å². The maximum Gasteiger partial charge on any atom is 0.266 e. The molecule has 0 unspecified atom stereocenters. The third-order valence-electron chi connectivity index (χ3n) is 5.45. The van der Waals surface area contributed by atoms with Gasteiger partial charge in [0.2, 0.25) is 0 Å². The van der Waals surface area contributed by atoms with Crippen molar-refractivity contribution in [3.8, 4) is 6.07 Å². The van der Waals surface area contributed by atoms with Crippen molar-refractivity contribution < 1.29 is 4.79 Å². The molecular formula is C27H21Cl2N3O. The molecule has 0 aliphatic carbocycles. The summed E-state index contributed by atoms with van der Waals surface area (Å²) >= 11 is 12.2. The number of aromatic nitrogens is 1. The molecule has 4 rings (SSSR count). The molecule has 0 fully saturated rings. The average Bonchev–Trinajstić information content (AvgIpc) is 3.13. The van der Waals surface area contributed by atoms with E-state index in [4.69, 9.17) is 23.2 Å². The molecule has 1 amide bonds. The molecule has 0 saturated carbocycles. The summed E-state index contributed by atoms with van der Waals surface area (Å²) in [6.45, 7) is 4.49. The SMILES string of the molecule is Cc1ccc(NC(=O)C(C#N)=Cc2cn(Cc3ccc(Cl)c(Cl)c3)c3ccccc23)c(C)c1. The summed E-state index contributed by atoms with van der Waals surface area (Å²) in [5.41, 5.74) is 5.55. The van der Waals surface area contributed by atoms with Crippen LogP contribution >= 0.6 is 23.2 Å². The Balaban J connectivity index is 1.68. The molecule has 6 heteroatoms. The number of rotatable bonds is 5. The zero-order valence-electron chi connectivity index (χ0n) is 18.2. The van der Waals surface area contributed by atoms with E-state index in [0.29, 0.717) is 22.3 Å². The van der Waals surface area contributed by atoms with Crippen molar-refractivity contribution in [1.82, 2.24) is 4.57 Å². The second-order valence-corrected chi connectivity index (χ2v) is 8.73. The van der Waals surface area contributed by atoms with Gasteiger partial charge in [0.25, 0.3) is 5.91 Å². The number of nitriles is 1. The van der Waals surface area contributed by atoms with E-state index < -0.39 is 5.91 Å². The highest BCUT2D eigenvalue weighted by Gasteiger charge is 2.14. The van der Waals surface area contributed by atoms with Crippen LogP contribution in [-0.4, -0.2) is 10.5 Å². The largest absolute Gasteiger partial charge is 0.342 e. The van der Waals surface area contributed by atoms with Gasteiger partial charge in [-0.15, -0.1) is 0 Å². The molecule has 1 N–H and O–H groups in total. The van der Waals surface area contributed by atoms with Gasteiger partial charge in [-0.2, -0.15) is 5.26 Å². The number of aryl methyl sites for hydroxylation is 2. The van der Waals surface area contributed by atoms with Crippen molar-refractivity contribution >= 4 is 51.8 Å². The van der Waals surface area contributed by atoms with Crippen LogP contribution in [0.3, 0.4) is 0 Å². The maximum absolute atomic E-state index is 12.9. The van der Waals surface area contributed by atoms with Gasteiger partial charge in [0, 0.05) is 34.9 Å². The first-order valence-corrected chi connectivity index (χ1v) is 11.1. The van der Waals surface area contributed by atoms with Crippen molar-refractivity contribution in [3.05, 3.63) is 105 Å². The Hall–Kier alpha value is -3.52. The van der Waals surface area contributed by atoms with E-state index in [-0.39, 0.29) is 5.57 Å². The van der Waals surface area contributed by atoms with Gasteiger partial charge >= 0.3 is 0 Å². The fourth-order valence-corrected chi connectivity index (χ4v) is 4.12. The molecule has 1 heterocycles. The first-order chi connectivity index (χ1) is 15.9. The molecule has 164 valence electrons. The quantitative estimate of drug-likeness (QED) is 0.247. The first kappa shape index (κ1) is 22.7. The van der Waals surface area contributed by atoms with Crippen molar-refractivity contribution in [2.75, 3.05) is 5.32 Å². The summed E-state index contributed by atoms with van der Waals surface area (Å²) in [4.78, 5) is 12.9. The van der Waals surface area contributed by atoms with Gasteiger partial charge < -0.3 is 9.88 Å². The van der Waals surface area contributed by atoms with Gasteiger partial charge in [-0.05, 0) is 55.3 Å². The number of fused-ring (bicyclic) bond motifs is 1. The highest BCUT2D eigenvalue weighted by atomic mass is 35.5. The van der Waals surface area contributed by atoms with Gasteiger partial charge in [0.1, 0.15) is 11.6 Å². The smallest absolute Gasteiger partial charge is 0.266 e. The van der Waals surface area contributed by atoms with Crippen LogP contribution in [0.4, 0.5) is 5.69 Å². The van der Waals surface area contributed by atoms with Crippen LogP contribution in [0.25, 0.3) is 17.0 Å². The van der Waals surface area contributed by atoms with Gasteiger partial charge in [-0.25, -0.2) is 0 Å². The van der Waals surface area contributed by atoms with E-state index in [1.54, 1.807) is 12.1 Å². The molecular weight excluding hydrogens is 453 g/mol. The number of nitrogens with zero attached hydrogens (tertiary/aromatic N) is 2. The number of hydrogen-bond acceptors (Lipinski definition) is 2. The van der Waals surface area contributed by atoms with E-state index >= 15 is 0 Å². The van der Waals surface area contributed by atoms with Gasteiger partial charge in [-0.3, -0.25) is 4.79 Å². The summed E-state index contributed by atoms with van der Waals surface area (Å²) in [6.07, 6.45) is 3.57. The predicted molar refractivity (Wildman–Crippen MR) is 136 cm³/mol. The molecule has 4 aromatic rings. The number of benzene rings is 3. The summed E-state index contributed by atoms with van der Waals surface area (Å²) in [5, 5.41) is 14.5. The average molecular weight is 474 g/mol. The van der Waals surface area contributed by atoms with Gasteiger partial charge in [-0.1, -0.05) is 65.2 Å². The molecule has 0 spiro atoms. The molecule has 0 atom stereocenters. The molecule has 1 aromatic heterocycles. The lowest BCUT2D eigenvalue weighted by Crippen LogP contribution is -2.14. The topological polar surface area (TPSA) is 57.8 Å². The molecule has 0 aliphatic rings. The normalized spacial score (nSPS) is 11.4. The molecule has 3 aromatic carbocycles. The molecule has 0 saturated heterocycles. The molecule has 33 heavy (non-hydrogen) atoms. The van der Waals surface area contributed by atoms with E-state index in [1.807, 2.05) is 80.7 Å². The number of para-hydroxylation sites is 1. The standard InChI is InChI=1S/C27H21Cl2N3O/c1-17-7-10-25(18(2)11-17)31-27(33)20(14-30)13-21-16-32(26-6-4-3-5-22(21)26)15-19-8-9-23(28)24(29)12-19/h3-13,16H,15H2,1-2H3,(H,31,33). The van der Waals surface area contributed by atoms with Crippen molar-refractivity contribution in [3.63, 3.8) is 0 Å². The number of amides is 1. The zero-order valence-corrected chi connectivity index (χ0v) is 19.7. The van der Waals surface area contributed by atoms with Crippen molar-refractivity contribution in [2.45, 2.75) is 20.4 Å². The Morgan fingerprint density at radius 1 is 1.06 bits per heavy atom. The number of nitrogens with one attached hydrogen (secondary N) is 1. The third kappa shape index (κ3) is 4.96. The predicted octanol–water partition coefficient (Wildman–Crippen LogP) is 7.16. The summed E-state index contributed by atoms with van der Waals surface area (Å²) in [6, 6.07) is 21.2. The fourth-order valence-electron chi connectivity index (χ4n) is 3.80. The van der Waals surface area contributed by atoms with Crippen LogP contribution in [-0.2, 0) is 11.3 Å². The Kier molecular flexibility index (Phi) is 6.55. The van der Waals surface area contributed by atoms with Crippen LogP contribution < -0.4 is 5.32 Å². The number of halogens is 2. The minimum Gasteiger partial charge on any atom is -0.342 e. The minimum atomic E-state index is -0.439. The lowest BCUT2D eigenvalue weighted by molar-refractivity contribution is -0.112. The van der Waals surface area contributed by atoms with E-state index in [9.17, 15) is 10.1 Å². The summed E-state index contributed by atoms with van der Waals surface area (Å²) in [7, 11) is 0. The lowest BCUT2D eigenvalue weighted by atomic mass is 10.1. The van der Waals surface area contributed by atoms with Gasteiger partial charge in [0.05, 0.1) is 10.0 Å².